The van der Waals surface area contributed by atoms with Crippen molar-refractivity contribution in [1.82, 2.24) is 19.7 Å². The minimum atomic E-state index is -0.285. The predicted molar refractivity (Wildman–Crippen MR) is 105 cm³/mol. The molecule has 0 unspecified atom stereocenters. The van der Waals surface area contributed by atoms with Gasteiger partial charge in [-0.3, -0.25) is 9.78 Å². The van der Waals surface area contributed by atoms with E-state index < -0.39 is 0 Å². The number of aromatic nitrogens is 3. The summed E-state index contributed by atoms with van der Waals surface area (Å²) in [6, 6.07) is 13.6. The van der Waals surface area contributed by atoms with E-state index in [1.807, 2.05) is 25.3 Å². The topological polar surface area (TPSA) is 59.3 Å². The summed E-state index contributed by atoms with van der Waals surface area (Å²) < 4.78 is 14.9. The van der Waals surface area contributed by atoms with Crippen molar-refractivity contribution in [2.75, 3.05) is 0 Å². The molecule has 3 heterocycles. The van der Waals surface area contributed by atoms with Crippen LogP contribution >= 0.6 is 0 Å². The maximum atomic E-state index is 13.1. The van der Waals surface area contributed by atoms with Gasteiger partial charge in [0, 0.05) is 36.4 Å². The highest BCUT2D eigenvalue weighted by Gasteiger charge is 2.12. The first-order chi connectivity index (χ1) is 13.6. The lowest BCUT2D eigenvalue weighted by atomic mass is 10.1. The standard InChI is InChI=1S/C22H19FN4O/c1-15(11-16-3-2-10-24-12-16)25-22(28)18-6-9-21-26-20(14-27(21)13-18)17-4-7-19(23)8-5-17/h2-10,12-15H,11H2,1H3,(H,25,28)/t15-/m1/s1. The predicted octanol–water partition coefficient (Wildman–Crippen LogP) is 3.90. The van der Waals surface area contributed by atoms with E-state index in [4.69, 9.17) is 0 Å². The van der Waals surface area contributed by atoms with Gasteiger partial charge < -0.3 is 9.72 Å². The number of hydrogen-bond acceptors (Lipinski definition) is 3. The molecule has 0 saturated heterocycles. The summed E-state index contributed by atoms with van der Waals surface area (Å²) in [4.78, 5) is 21.2. The Hall–Kier alpha value is -3.54. The Balaban J connectivity index is 1.50. The molecule has 0 radical (unpaired) electrons. The lowest BCUT2D eigenvalue weighted by Gasteiger charge is -2.14. The second-order valence-corrected chi connectivity index (χ2v) is 6.76. The van der Waals surface area contributed by atoms with E-state index in [1.165, 1.54) is 12.1 Å². The highest BCUT2D eigenvalue weighted by atomic mass is 19.1. The SMILES string of the molecule is C[C@H](Cc1cccnc1)NC(=O)c1ccc2nc(-c3ccc(F)cc3)cn2c1. The van der Waals surface area contributed by atoms with Crippen molar-refractivity contribution >= 4 is 11.6 Å². The van der Waals surface area contributed by atoms with Crippen molar-refractivity contribution in [3.8, 4) is 11.3 Å². The molecule has 1 amide bonds. The van der Waals surface area contributed by atoms with Crippen LogP contribution in [0.4, 0.5) is 4.39 Å². The number of nitrogens with one attached hydrogen (secondary N) is 1. The van der Waals surface area contributed by atoms with Gasteiger partial charge in [0.25, 0.3) is 5.91 Å². The Labute approximate surface area is 161 Å². The van der Waals surface area contributed by atoms with E-state index in [2.05, 4.69) is 15.3 Å². The number of imidazole rings is 1. The van der Waals surface area contributed by atoms with Crippen LogP contribution in [0.3, 0.4) is 0 Å². The molecular formula is C22H19FN4O. The zero-order valence-corrected chi connectivity index (χ0v) is 15.3. The quantitative estimate of drug-likeness (QED) is 0.576. The van der Waals surface area contributed by atoms with Gasteiger partial charge in [0.05, 0.1) is 11.3 Å². The number of hydrogen-bond donors (Lipinski definition) is 1. The average molecular weight is 374 g/mol. The van der Waals surface area contributed by atoms with Crippen LogP contribution in [0.2, 0.25) is 0 Å². The van der Waals surface area contributed by atoms with Gasteiger partial charge in [0.15, 0.2) is 0 Å². The van der Waals surface area contributed by atoms with Gasteiger partial charge in [0.1, 0.15) is 11.5 Å². The Morgan fingerprint density at radius 3 is 2.71 bits per heavy atom. The van der Waals surface area contributed by atoms with Crippen molar-refractivity contribution in [2.24, 2.45) is 0 Å². The van der Waals surface area contributed by atoms with E-state index in [0.717, 1.165) is 22.5 Å². The molecular weight excluding hydrogens is 355 g/mol. The molecule has 1 aromatic carbocycles. The van der Waals surface area contributed by atoms with Crippen molar-refractivity contribution in [3.05, 3.63) is 90.3 Å². The van der Waals surface area contributed by atoms with Gasteiger partial charge in [-0.15, -0.1) is 0 Å². The molecule has 1 N–H and O–H groups in total. The lowest BCUT2D eigenvalue weighted by molar-refractivity contribution is 0.0939. The number of nitrogens with zero attached hydrogens (tertiary/aromatic N) is 3. The molecule has 4 rings (SSSR count). The summed E-state index contributed by atoms with van der Waals surface area (Å²) in [5.74, 6) is -0.429. The number of rotatable bonds is 5. The molecule has 0 aliphatic heterocycles. The monoisotopic (exact) mass is 374 g/mol. The van der Waals surface area contributed by atoms with Crippen LogP contribution in [-0.4, -0.2) is 26.3 Å². The molecule has 0 aliphatic rings. The maximum absolute atomic E-state index is 13.1. The lowest BCUT2D eigenvalue weighted by Crippen LogP contribution is -2.34. The number of halogens is 1. The Morgan fingerprint density at radius 2 is 1.96 bits per heavy atom. The zero-order valence-electron chi connectivity index (χ0n) is 15.3. The number of carbonyl (C=O) groups is 1. The summed E-state index contributed by atoms with van der Waals surface area (Å²) >= 11 is 0. The number of pyridine rings is 2. The molecule has 0 saturated carbocycles. The van der Waals surface area contributed by atoms with E-state index in [-0.39, 0.29) is 17.8 Å². The van der Waals surface area contributed by atoms with Crippen LogP contribution in [0.5, 0.6) is 0 Å². The molecule has 28 heavy (non-hydrogen) atoms. The fraction of sp³-hybridized carbons (Fsp3) is 0.136. The van der Waals surface area contributed by atoms with E-state index >= 15 is 0 Å². The van der Waals surface area contributed by atoms with Gasteiger partial charge in [-0.05, 0) is 61.4 Å². The van der Waals surface area contributed by atoms with Crippen molar-refractivity contribution < 1.29 is 9.18 Å². The highest BCUT2D eigenvalue weighted by molar-refractivity contribution is 5.94. The van der Waals surface area contributed by atoms with Crippen molar-refractivity contribution in [1.29, 1.82) is 0 Å². The molecule has 1 atom stereocenters. The first-order valence-electron chi connectivity index (χ1n) is 9.03. The van der Waals surface area contributed by atoms with E-state index in [1.54, 1.807) is 47.3 Å². The Morgan fingerprint density at radius 1 is 1.14 bits per heavy atom. The molecule has 0 aliphatic carbocycles. The second-order valence-electron chi connectivity index (χ2n) is 6.76. The maximum Gasteiger partial charge on any atom is 0.252 e. The third-order valence-corrected chi connectivity index (χ3v) is 4.50. The zero-order chi connectivity index (χ0) is 19.5. The largest absolute Gasteiger partial charge is 0.349 e. The van der Waals surface area contributed by atoms with Crippen LogP contribution in [0.1, 0.15) is 22.8 Å². The molecule has 0 spiro atoms. The minimum Gasteiger partial charge on any atom is -0.349 e. The van der Waals surface area contributed by atoms with Gasteiger partial charge >= 0.3 is 0 Å². The summed E-state index contributed by atoms with van der Waals surface area (Å²) in [5.41, 5.74) is 3.89. The summed E-state index contributed by atoms with van der Waals surface area (Å²) in [6.45, 7) is 1.97. The van der Waals surface area contributed by atoms with E-state index in [9.17, 15) is 9.18 Å². The first kappa shape index (κ1) is 17.9. The number of amides is 1. The highest BCUT2D eigenvalue weighted by Crippen LogP contribution is 2.20. The van der Waals surface area contributed by atoms with Crippen LogP contribution in [-0.2, 0) is 6.42 Å². The molecule has 3 aromatic heterocycles. The van der Waals surface area contributed by atoms with Crippen molar-refractivity contribution in [3.63, 3.8) is 0 Å². The second kappa shape index (κ2) is 7.60. The Bertz CT molecular complexity index is 1110. The van der Waals surface area contributed by atoms with E-state index in [0.29, 0.717) is 12.0 Å². The summed E-state index contributed by atoms with van der Waals surface area (Å²) in [6.07, 6.45) is 7.83. The first-order valence-corrected chi connectivity index (χ1v) is 9.03. The van der Waals surface area contributed by atoms with Gasteiger partial charge in [0.2, 0.25) is 0 Å². The third-order valence-electron chi connectivity index (χ3n) is 4.50. The number of fused-ring (bicyclic) bond motifs is 1. The summed E-state index contributed by atoms with van der Waals surface area (Å²) in [7, 11) is 0. The molecule has 0 bridgehead atoms. The summed E-state index contributed by atoms with van der Waals surface area (Å²) in [5, 5.41) is 3.01. The molecule has 140 valence electrons. The molecule has 6 heteroatoms. The molecule has 0 fully saturated rings. The van der Waals surface area contributed by atoms with Crippen molar-refractivity contribution in [2.45, 2.75) is 19.4 Å². The van der Waals surface area contributed by atoms with Crippen LogP contribution in [0.15, 0.2) is 73.3 Å². The number of benzene rings is 1. The fourth-order valence-corrected chi connectivity index (χ4v) is 3.12. The van der Waals surface area contributed by atoms with Crippen LogP contribution < -0.4 is 5.32 Å². The van der Waals surface area contributed by atoms with Gasteiger partial charge in [-0.25, -0.2) is 9.37 Å². The Kier molecular flexibility index (Phi) is 4.85. The van der Waals surface area contributed by atoms with Gasteiger partial charge in [-0.2, -0.15) is 0 Å². The molecule has 5 nitrogen and oxygen atoms in total. The van der Waals surface area contributed by atoms with Crippen LogP contribution in [0, 0.1) is 5.82 Å². The average Bonchev–Trinajstić information content (AvgIpc) is 3.12. The van der Waals surface area contributed by atoms with Gasteiger partial charge in [-0.1, -0.05) is 6.07 Å². The minimum absolute atomic E-state index is 0.0232. The fourth-order valence-electron chi connectivity index (χ4n) is 3.12. The third kappa shape index (κ3) is 3.91. The van der Waals surface area contributed by atoms with Crippen LogP contribution in [0.25, 0.3) is 16.9 Å². The smallest absolute Gasteiger partial charge is 0.252 e. The normalized spacial score (nSPS) is 12.1. The number of carbonyl (C=O) groups excluding carboxylic acids is 1. The molecule has 4 aromatic rings.